The number of hydrogen-bond donors (Lipinski definition) is 1. The van der Waals surface area contributed by atoms with Crippen LogP contribution in [-0.4, -0.2) is 37.6 Å². The fraction of sp³-hybridized carbons (Fsp3) is 1.00. The van der Waals surface area contributed by atoms with Crippen LogP contribution in [0.15, 0.2) is 0 Å². The van der Waals surface area contributed by atoms with Crippen molar-refractivity contribution in [1.29, 1.82) is 0 Å². The molecule has 1 atom stereocenters. The van der Waals surface area contributed by atoms with E-state index in [-0.39, 0.29) is 0 Å². The fourth-order valence-electron chi connectivity index (χ4n) is 2.47. The lowest BCUT2D eigenvalue weighted by Gasteiger charge is -2.33. The van der Waals surface area contributed by atoms with Crippen LogP contribution in [0.1, 0.15) is 40.0 Å². The minimum atomic E-state index is 0.795. The van der Waals surface area contributed by atoms with Crippen LogP contribution < -0.4 is 5.32 Å². The maximum Gasteiger partial charge on any atom is 0.00191 e. The highest BCUT2D eigenvalue weighted by Crippen LogP contribution is 2.20. The van der Waals surface area contributed by atoms with Crippen LogP contribution >= 0.6 is 0 Å². The Morgan fingerprint density at radius 3 is 2.47 bits per heavy atom. The summed E-state index contributed by atoms with van der Waals surface area (Å²) in [5.74, 6) is 1.80. The monoisotopic (exact) mass is 212 g/mol. The number of rotatable bonds is 6. The summed E-state index contributed by atoms with van der Waals surface area (Å²) in [7, 11) is 0. The zero-order valence-corrected chi connectivity index (χ0v) is 10.8. The lowest BCUT2D eigenvalue weighted by Crippen LogP contribution is -2.38. The number of nitrogens with one attached hydrogen (secondary N) is 1. The van der Waals surface area contributed by atoms with Crippen LogP contribution in [0.5, 0.6) is 0 Å². The molecule has 0 amide bonds. The molecule has 90 valence electrons. The van der Waals surface area contributed by atoms with E-state index >= 15 is 0 Å². The molecule has 0 aromatic heterocycles. The second kappa shape index (κ2) is 7.24. The van der Waals surface area contributed by atoms with Crippen LogP contribution in [0.25, 0.3) is 0 Å². The molecule has 1 fully saturated rings. The van der Waals surface area contributed by atoms with E-state index < -0.39 is 0 Å². The van der Waals surface area contributed by atoms with E-state index in [0.717, 1.165) is 18.4 Å². The van der Waals surface area contributed by atoms with Gasteiger partial charge in [0.1, 0.15) is 0 Å². The molecule has 1 aliphatic rings. The minimum Gasteiger partial charge on any atom is -0.317 e. The van der Waals surface area contributed by atoms with Gasteiger partial charge in [-0.3, -0.25) is 0 Å². The van der Waals surface area contributed by atoms with E-state index in [1.807, 2.05) is 0 Å². The molecule has 1 unspecified atom stereocenters. The van der Waals surface area contributed by atoms with Crippen LogP contribution in [0, 0.1) is 11.8 Å². The normalized spacial score (nSPS) is 21.8. The van der Waals surface area contributed by atoms with Crippen molar-refractivity contribution in [3.05, 3.63) is 0 Å². The SMILES string of the molecule is CCNCC(C)CN1CCC(CC)CC1. The first-order chi connectivity index (χ1) is 7.26. The number of likely N-dealkylation sites (tertiary alicyclic amines) is 1. The van der Waals surface area contributed by atoms with E-state index in [0.29, 0.717) is 0 Å². The molecule has 1 saturated heterocycles. The largest absolute Gasteiger partial charge is 0.317 e. The van der Waals surface area contributed by atoms with E-state index in [1.54, 1.807) is 0 Å². The van der Waals surface area contributed by atoms with Gasteiger partial charge in [0.25, 0.3) is 0 Å². The average Bonchev–Trinajstić information content (AvgIpc) is 2.27. The summed E-state index contributed by atoms with van der Waals surface area (Å²) in [5, 5.41) is 3.43. The van der Waals surface area contributed by atoms with E-state index in [1.165, 1.54) is 45.4 Å². The maximum absolute atomic E-state index is 3.43. The number of nitrogens with zero attached hydrogens (tertiary/aromatic N) is 1. The summed E-state index contributed by atoms with van der Waals surface area (Å²) >= 11 is 0. The van der Waals surface area contributed by atoms with Crippen molar-refractivity contribution in [2.45, 2.75) is 40.0 Å². The molecule has 1 N–H and O–H groups in total. The third kappa shape index (κ3) is 4.98. The molecule has 1 rings (SSSR count). The van der Waals surface area contributed by atoms with Gasteiger partial charge in [-0.15, -0.1) is 0 Å². The Labute approximate surface area is 95.4 Å². The topological polar surface area (TPSA) is 15.3 Å². The summed E-state index contributed by atoms with van der Waals surface area (Å²) in [5.41, 5.74) is 0. The molecule has 2 heteroatoms. The lowest BCUT2D eigenvalue weighted by atomic mass is 9.94. The quantitative estimate of drug-likeness (QED) is 0.727. The smallest absolute Gasteiger partial charge is 0.00191 e. The minimum absolute atomic E-state index is 0.795. The third-order valence-electron chi connectivity index (χ3n) is 3.60. The van der Waals surface area contributed by atoms with Gasteiger partial charge < -0.3 is 10.2 Å². The van der Waals surface area contributed by atoms with Crippen molar-refractivity contribution in [1.82, 2.24) is 10.2 Å². The highest BCUT2D eigenvalue weighted by molar-refractivity contribution is 4.73. The van der Waals surface area contributed by atoms with E-state index in [2.05, 4.69) is 31.0 Å². The molecule has 0 spiro atoms. The van der Waals surface area contributed by atoms with Gasteiger partial charge in [-0.2, -0.15) is 0 Å². The summed E-state index contributed by atoms with van der Waals surface area (Å²) in [6.45, 7) is 13.1. The molecule has 0 bridgehead atoms. The standard InChI is InChI=1S/C13H28N2/c1-4-13-6-8-15(9-7-13)11-12(3)10-14-5-2/h12-14H,4-11H2,1-3H3. The summed E-state index contributed by atoms with van der Waals surface area (Å²) in [4.78, 5) is 2.65. The molecule has 0 aromatic carbocycles. The molecule has 0 saturated carbocycles. The molecule has 0 radical (unpaired) electrons. The van der Waals surface area contributed by atoms with Gasteiger partial charge in [-0.25, -0.2) is 0 Å². The Morgan fingerprint density at radius 2 is 1.93 bits per heavy atom. The van der Waals surface area contributed by atoms with Crippen molar-refractivity contribution in [2.75, 3.05) is 32.7 Å². The molecular weight excluding hydrogens is 184 g/mol. The van der Waals surface area contributed by atoms with Gasteiger partial charge in [0.05, 0.1) is 0 Å². The highest BCUT2D eigenvalue weighted by atomic mass is 15.1. The van der Waals surface area contributed by atoms with Crippen molar-refractivity contribution >= 4 is 0 Å². The second-order valence-corrected chi connectivity index (χ2v) is 5.07. The van der Waals surface area contributed by atoms with Gasteiger partial charge in [0.15, 0.2) is 0 Å². The van der Waals surface area contributed by atoms with Crippen molar-refractivity contribution in [3.63, 3.8) is 0 Å². The molecule has 15 heavy (non-hydrogen) atoms. The van der Waals surface area contributed by atoms with E-state index in [4.69, 9.17) is 0 Å². The predicted octanol–water partition coefficient (Wildman–Crippen LogP) is 2.35. The first-order valence-corrected chi connectivity index (χ1v) is 6.69. The third-order valence-corrected chi connectivity index (χ3v) is 3.60. The van der Waals surface area contributed by atoms with Gasteiger partial charge in [0.2, 0.25) is 0 Å². The zero-order chi connectivity index (χ0) is 11.1. The maximum atomic E-state index is 3.43. The van der Waals surface area contributed by atoms with Crippen LogP contribution in [0.2, 0.25) is 0 Å². The number of piperidine rings is 1. The van der Waals surface area contributed by atoms with Gasteiger partial charge >= 0.3 is 0 Å². The van der Waals surface area contributed by atoms with Gasteiger partial charge in [0, 0.05) is 6.54 Å². The van der Waals surface area contributed by atoms with E-state index in [9.17, 15) is 0 Å². The summed E-state index contributed by atoms with van der Waals surface area (Å²) in [6.07, 6.45) is 4.22. The zero-order valence-electron chi connectivity index (χ0n) is 10.8. The predicted molar refractivity (Wildman–Crippen MR) is 67.2 cm³/mol. The molecule has 0 aromatic rings. The Hall–Kier alpha value is -0.0800. The highest BCUT2D eigenvalue weighted by Gasteiger charge is 2.18. The Balaban J connectivity index is 2.12. The summed E-state index contributed by atoms with van der Waals surface area (Å²) in [6, 6.07) is 0. The lowest BCUT2D eigenvalue weighted by molar-refractivity contribution is 0.161. The average molecular weight is 212 g/mol. The Morgan fingerprint density at radius 1 is 1.27 bits per heavy atom. The first kappa shape index (κ1) is 13.0. The molecular formula is C13H28N2. The fourth-order valence-corrected chi connectivity index (χ4v) is 2.47. The van der Waals surface area contributed by atoms with Crippen LogP contribution in [0.3, 0.4) is 0 Å². The summed E-state index contributed by atoms with van der Waals surface area (Å²) < 4.78 is 0. The van der Waals surface area contributed by atoms with Crippen LogP contribution in [0.4, 0.5) is 0 Å². The van der Waals surface area contributed by atoms with Gasteiger partial charge in [-0.05, 0) is 50.9 Å². The Kier molecular flexibility index (Phi) is 6.26. The number of hydrogen-bond acceptors (Lipinski definition) is 2. The molecule has 2 nitrogen and oxygen atoms in total. The van der Waals surface area contributed by atoms with Crippen LogP contribution in [-0.2, 0) is 0 Å². The van der Waals surface area contributed by atoms with Crippen molar-refractivity contribution < 1.29 is 0 Å². The molecule has 1 heterocycles. The molecule has 0 aliphatic carbocycles. The van der Waals surface area contributed by atoms with Crippen molar-refractivity contribution in [3.8, 4) is 0 Å². The second-order valence-electron chi connectivity index (χ2n) is 5.07. The Bertz CT molecular complexity index is 151. The van der Waals surface area contributed by atoms with Gasteiger partial charge in [-0.1, -0.05) is 27.2 Å². The first-order valence-electron chi connectivity index (χ1n) is 6.69. The molecule has 1 aliphatic heterocycles. The van der Waals surface area contributed by atoms with Crippen molar-refractivity contribution in [2.24, 2.45) is 11.8 Å².